The highest BCUT2D eigenvalue weighted by molar-refractivity contribution is 14.0. The summed E-state index contributed by atoms with van der Waals surface area (Å²) in [5.41, 5.74) is 2.28. The molecule has 1 atom stereocenters. The highest BCUT2D eigenvalue weighted by atomic mass is 127. The van der Waals surface area contributed by atoms with Gasteiger partial charge in [0.05, 0.1) is 18.5 Å². The van der Waals surface area contributed by atoms with E-state index in [1.54, 1.807) is 18.4 Å². The maximum absolute atomic E-state index is 10.2. The van der Waals surface area contributed by atoms with Crippen LogP contribution in [-0.4, -0.2) is 45.9 Å². The second-order valence-electron chi connectivity index (χ2n) is 6.45. The van der Waals surface area contributed by atoms with Gasteiger partial charge in [0, 0.05) is 38.9 Å². The summed E-state index contributed by atoms with van der Waals surface area (Å²) in [6.45, 7) is 8.00. The van der Waals surface area contributed by atoms with E-state index in [-0.39, 0.29) is 30.5 Å². The first-order chi connectivity index (χ1) is 11.9. The molecule has 0 saturated heterocycles. The maximum Gasteiger partial charge on any atom is 0.194 e. The van der Waals surface area contributed by atoms with E-state index in [0.29, 0.717) is 18.2 Å². The highest BCUT2D eigenvalue weighted by Crippen LogP contribution is 2.19. The third-order valence-electron chi connectivity index (χ3n) is 3.87. The zero-order valence-corrected chi connectivity index (χ0v) is 18.5. The number of aliphatic hydroxyl groups is 1. The highest BCUT2D eigenvalue weighted by Gasteiger charge is 2.16. The maximum atomic E-state index is 10.2. The summed E-state index contributed by atoms with van der Waals surface area (Å²) < 4.78 is 7.07. The molecule has 26 heavy (non-hydrogen) atoms. The number of nitrogens with one attached hydrogen (secondary N) is 1. The Hall–Kier alpha value is -1.55. The van der Waals surface area contributed by atoms with Gasteiger partial charge in [0.1, 0.15) is 11.9 Å². The van der Waals surface area contributed by atoms with Gasteiger partial charge in [-0.05, 0) is 25.0 Å². The van der Waals surface area contributed by atoms with Crippen molar-refractivity contribution < 1.29 is 9.52 Å². The average Bonchev–Trinajstić information content (AvgIpc) is 3.20. The molecule has 0 spiro atoms. The smallest absolute Gasteiger partial charge is 0.194 e. The summed E-state index contributed by atoms with van der Waals surface area (Å²) >= 11 is 0. The topological polar surface area (TPSA) is 78.8 Å². The van der Waals surface area contributed by atoms with Crippen LogP contribution in [0.3, 0.4) is 0 Å². The van der Waals surface area contributed by atoms with Gasteiger partial charge in [-0.2, -0.15) is 5.10 Å². The number of furan rings is 1. The third kappa shape index (κ3) is 6.01. The number of guanidine groups is 1. The summed E-state index contributed by atoms with van der Waals surface area (Å²) in [4.78, 5) is 6.58. The summed E-state index contributed by atoms with van der Waals surface area (Å²) in [7, 11) is 3.92. The minimum atomic E-state index is -0.748. The first-order valence-electron chi connectivity index (χ1n) is 8.65. The summed E-state index contributed by atoms with van der Waals surface area (Å²) in [6, 6.07) is 3.51. The Labute approximate surface area is 172 Å². The Morgan fingerprint density at radius 2 is 2.19 bits per heavy atom. The monoisotopic (exact) mass is 475 g/mol. The fourth-order valence-corrected chi connectivity index (χ4v) is 2.71. The van der Waals surface area contributed by atoms with Crippen molar-refractivity contribution in [1.29, 1.82) is 0 Å². The molecule has 0 saturated carbocycles. The van der Waals surface area contributed by atoms with Crippen LogP contribution in [0.5, 0.6) is 0 Å². The van der Waals surface area contributed by atoms with Gasteiger partial charge in [-0.3, -0.25) is 4.68 Å². The lowest BCUT2D eigenvalue weighted by atomic mass is 10.1. The summed E-state index contributed by atoms with van der Waals surface area (Å²) in [6.07, 6.45) is 2.85. The van der Waals surface area contributed by atoms with Crippen LogP contribution in [0.2, 0.25) is 0 Å². The molecule has 7 nitrogen and oxygen atoms in total. The zero-order chi connectivity index (χ0) is 18.4. The number of aliphatic hydroxyl groups excluding tert-OH is 1. The molecule has 1 unspecified atom stereocenters. The van der Waals surface area contributed by atoms with E-state index in [1.807, 2.05) is 36.8 Å². The van der Waals surface area contributed by atoms with Crippen LogP contribution in [0.1, 0.15) is 49.8 Å². The normalized spacial score (nSPS) is 12.8. The molecule has 0 bridgehead atoms. The van der Waals surface area contributed by atoms with Gasteiger partial charge in [0.25, 0.3) is 0 Å². The van der Waals surface area contributed by atoms with E-state index >= 15 is 0 Å². The van der Waals surface area contributed by atoms with Crippen molar-refractivity contribution in [3.8, 4) is 0 Å². The molecule has 0 aliphatic carbocycles. The number of nitrogens with zero attached hydrogens (tertiary/aromatic N) is 4. The molecule has 0 aliphatic heterocycles. The predicted molar refractivity (Wildman–Crippen MR) is 114 cm³/mol. The van der Waals surface area contributed by atoms with E-state index in [0.717, 1.165) is 18.2 Å². The molecular formula is C18H30IN5O2. The van der Waals surface area contributed by atoms with Gasteiger partial charge >= 0.3 is 0 Å². The van der Waals surface area contributed by atoms with E-state index in [4.69, 9.17) is 4.42 Å². The Balaban J connectivity index is 0.00000338. The van der Waals surface area contributed by atoms with E-state index in [9.17, 15) is 5.11 Å². The van der Waals surface area contributed by atoms with Crippen molar-refractivity contribution in [3.63, 3.8) is 0 Å². The SMILES string of the molecule is CCNC(=NCC(O)c1ccco1)N(C)Cc1cn(C)nc1C(C)C.I. The molecule has 0 aliphatic rings. The molecule has 8 heteroatoms. The zero-order valence-electron chi connectivity index (χ0n) is 16.1. The molecule has 2 aromatic heterocycles. The van der Waals surface area contributed by atoms with Crippen molar-refractivity contribution in [2.45, 2.75) is 39.3 Å². The molecule has 0 amide bonds. The van der Waals surface area contributed by atoms with Crippen LogP contribution >= 0.6 is 24.0 Å². The Kier molecular flexibility index (Phi) is 9.14. The molecule has 2 heterocycles. The largest absolute Gasteiger partial charge is 0.467 e. The first-order valence-corrected chi connectivity index (χ1v) is 8.65. The molecular weight excluding hydrogens is 445 g/mol. The van der Waals surface area contributed by atoms with Crippen molar-refractivity contribution in [2.75, 3.05) is 20.1 Å². The number of aryl methyl sites for hydroxylation is 1. The number of aromatic nitrogens is 2. The van der Waals surface area contributed by atoms with Crippen LogP contribution in [0, 0.1) is 0 Å². The Morgan fingerprint density at radius 1 is 1.46 bits per heavy atom. The lowest BCUT2D eigenvalue weighted by Gasteiger charge is -2.22. The third-order valence-corrected chi connectivity index (χ3v) is 3.87. The summed E-state index contributed by atoms with van der Waals surface area (Å²) in [5, 5.41) is 18.0. The van der Waals surface area contributed by atoms with Gasteiger partial charge in [-0.25, -0.2) is 4.99 Å². The Bertz CT molecular complexity index is 682. The van der Waals surface area contributed by atoms with Crippen molar-refractivity contribution >= 4 is 29.9 Å². The van der Waals surface area contributed by atoms with Crippen LogP contribution in [0.25, 0.3) is 0 Å². The van der Waals surface area contributed by atoms with Gasteiger partial charge in [0.15, 0.2) is 5.96 Å². The quantitative estimate of drug-likeness (QED) is 0.366. The molecule has 2 rings (SSSR count). The minimum absolute atomic E-state index is 0. The van der Waals surface area contributed by atoms with Crippen molar-refractivity contribution in [3.05, 3.63) is 41.6 Å². The summed E-state index contributed by atoms with van der Waals surface area (Å²) in [5.74, 6) is 1.63. The van der Waals surface area contributed by atoms with E-state index in [2.05, 4.69) is 29.3 Å². The standard InChI is InChI=1S/C18H29N5O2.HI/c1-6-19-18(20-10-15(24)16-8-7-9-25-16)22(4)11-14-12-23(5)21-17(14)13(2)3;/h7-9,12-13,15,24H,6,10-11H2,1-5H3,(H,19,20);1H. The number of aliphatic imine (C=N–C) groups is 1. The lowest BCUT2D eigenvalue weighted by Crippen LogP contribution is -2.39. The van der Waals surface area contributed by atoms with Gasteiger partial charge < -0.3 is 19.7 Å². The minimum Gasteiger partial charge on any atom is -0.467 e. The molecule has 146 valence electrons. The van der Waals surface area contributed by atoms with Crippen molar-refractivity contribution in [2.24, 2.45) is 12.0 Å². The van der Waals surface area contributed by atoms with Gasteiger partial charge in [-0.1, -0.05) is 13.8 Å². The lowest BCUT2D eigenvalue weighted by molar-refractivity contribution is 0.158. The first kappa shape index (κ1) is 22.5. The predicted octanol–water partition coefficient (Wildman–Crippen LogP) is 2.89. The molecule has 0 radical (unpaired) electrons. The fraction of sp³-hybridized carbons (Fsp3) is 0.556. The van der Waals surface area contributed by atoms with Crippen LogP contribution < -0.4 is 5.32 Å². The fourth-order valence-electron chi connectivity index (χ4n) is 2.71. The van der Waals surface area contributed by atoms with Crippen molar-refractivity contribution in [1.82, 2.24) is 20.0 Å². The average molecular weight is 475 g/mol. The van der Waals surface area contributed by atoms with Crippen LogP contribution in [-0.2, 0) is 13.6 Å². The van der Waals surface area contributed by atoms with E-state index in [1.165, 1.54) is 5.56 Å². The van der Waals surface area contributed by atoms with Crippen LogP contribution in [0.15, 0.2) is 34.0 Å². The number of rotatable bonds is 7. The molecule has 2 N–H and O–H groups in total. The van der Waals surface area contributed by atoms with E-state index < -0.39 is 6.10 Å². The van der Waals surface area contributed by atoms with Gasteiger partial charge in [0.2, 0.25) is 0 Å². The molecule has 0 aromatic carbocycles. The second kappa shape index (κ2) is 10.6. The molecule has 0 fully saturated rings. The Morgan fingerprint density at radius 3 is 2.77 bits per heavy atom. The number of halogens is 1. The number of hydrogen-bond acceptors (Lipinski definition) is 4. The molecule has 2 aromatic rings. The van der Waals surface area contributed by atoms with Gasteiger partial charge in [-0.15, -0.1) is 24.0 Å². The van der Waals surface area contributed by atoms with Crippen LogP contribution in [0.4, 0.5) is 0 Å². The number of hydrogen-bond donors (Lipinski definition) is 2. The second-order valence-corrected chi connectivity index (χ2v) is 6.45.